The zero-order valence-electron chi connectivity index (χ0n) is 17.2. The van der Waals surface area contributed by atoms with Gasteiger partial charge in [-0.2, -0.15) is 4.98 Å². The molecule has 160 valence electrons. The molecule has 1 aliphatic rings. The Bertz CT molecular complexity index is 1200. The number of hydrogen-bond donors (Lipinski definition) is 1. The van der Waals surface area contributed by atoms with Gasteiger partial charge in [-0.1, -0.05) is 35.5 Å². The van der Waals surface area contributed by atoms with Crippen LogP contribution in [0.4, 0.5) is 10.5 Å². The third kappa shape index (κ3) is 4.29. The fourth-order valence-corrected chi connectivity index (χ4v) is 3.61. The van der Waals surface area contributed by atoms with E-state index >= 15 is 0 Å². The van der Waals surface area contributed by atoms with Crippen molar-refractivity contribution in [3.05, 3.63) is 79.1 Å². The van der Waals surface area contributed by atoms with E-state index in [9.17, 15) is 4.79 Å². The summed E-state index contributed by atoms with van der Waals surface area (Å²) in [4.78, 5) is 22.8. The Morgan fingerprint density at radius 1 is 1.03 bits per heavy atom. The fourth-order valence-electron chi connectivity index (χ4n) is 3.61. The highest BCUT2D eigenvalue weighted by Crippen LogP contribution is 2.32. The van der Waals surface area contributed by atoms with Crippen LogP contribution in [0.3, 0.4) is 0 Å². The van der Waals surface area contributed by atoms with Crippen molar-refractivity contribution in [2.24, 2.45) is 0 Å². The number of hydrogen-bond acceptors (Lipinski definition) is 6. The van der Waals surface area contributed by atoms with Crippen molar-refractivity contribution < 1.29 is 14.1 Å². The molecule has 1 fully saturated rings. The fraction of sp³-hybridized carbons (Fsp3) is 0.167. The Morgan fingerprint density at radius 3 is 2.66 bits per heavy atom. The summed E-state index contributed by atoms with van der Waals surface area (Å²) in [6.45, 7) is 1.12. The van der Waals surface area contributed by atoms with E-state index in [0.717, 1.165) is 17.7 Å². The number of ether oxygens (including phenoxy) is 1. The SMILES string of the molecule is O=C(Nc1ccccc1)N1CCC(Oc2ccccc2-c2nc(-c3ccncc3)no2)C1. The first-order valence-corrected chi connectivity index (χ1v) is 10.4. The third-order valence-electron chi connectivity index (χ3n) is 5.23. The molecular weight excluding hydrogens is 406 g/mol. The molecule has 0 saturated carbocycles. The monoisotopic (exact) mass is 427 g/mol. The molecule has 1 unspecified atom stereocenters. The lowest BCUT2D eigenvalue weighted by Crippen LogP contribution is -2.34. The number of nitrogens with one attached hydrogen (secondary N) is 1. The average Bonchev–Trinajstić information content (AvgIpc) is 3.51. The van der Waals surface area contributed by atoms with Crippen LogP contribution in [-0.4, -0.2) is 45.2 Å². The van der Waals surface area contributed by atoms with Gasteiger partial charge in [-0.05, 0) is 36.4 Å². The van der Waals surface area contributed by atoms with Gasteiger partial charge >= 0.3 is 6.03 Å². The van der Waals surface area contributed by atoms with Gasteiger partial charge in [0.15, 0.2) is 0 Å². The summed E-state index contributed by atoms with van der Waals surface area (Å²) in [6.07, 6.45) is 3.98. The molecule has 0 bridgehead atoms. The predicted molar refractivity (Wildman–Crippen MR) is 119 cm³/mol. The van der Waals surface area contributed by atoms with Crippen molar-refractivity contribution >= 4 is 11.7 Å². The van der Waals surface area contributed by atoms with Crippen molar-refractivity contribution in [3.63, 3.8) is 0 Å². The molecule has 8 nitrogen and oxygen atoms in total. The largest absolute Gasteiger partial charge is 0.488 e. The molecule has 0 radical (unpaired) electrons. The van der Waals surface area contributed by atoms with Gasteiger partial charge in [0.25, 0.3) is 5.89 Å². The van der Waals surface area contributed by atoms with Crippen LogP contribution in [0.5, 0.6) is 5.75 Å². The highest BCUT2D eigenvalue weighted by Gasteiger charge is 2.28. The zero-order valence-corrected chi connectivity index (χ0v) is 17.2. The molecule has 0 aliphatic carbocycles. The lowest BCUT2D eigenvalue weighted by Gasteiger charge is -2.18. The maximum Gasteiger partial charge on any atom is 0.321 e. The van der Waals surface area contributed by atoms with Crippen molar-refractivity contribution in [2.75, 3.05) is 18.4 Å². The quantitative estimate of drug-likeness (QED) is 0.505. The van der Waals surface area contributed by atoms with Crippen LogP contribution in [0.1, 0.15) is 6.42 Å². The second-order valence-electron chi connectivity index (χ2n) is 7.43. The van der Waals surface area contributed by atoms with Gasteiger partial charge in [-0.25, -0.2) is 4.79 Å². The van der Waals surface area contributed by atoms with Crippen molar-refractivity contribution in [2.45, 2.75) is 12.5 Å². The number of rotatable bonds is 5. The molecule has 1 aliphatic heterocycles. The molecule has 5 rings (SSSR count). The summed E-state index contributed by atoms with van der Waals surface area (Å²) in [5.41, 5.74) is 2.31. The molecule has 4 aromatic rings. The number of para-hydroxylation sites is 2. The third-order valence-corrected chi connectivity index (χ3v) is 5.23. The second-order valence-corrected chi connectivity index (χ2v) is 7.43. The number of amides is 2. The number of pyridine rings is 1. The lowest BCUT2D eigenvalue weighted by atomic mass is 10.2. The number of likely N-dealkylation sites (tertiary alicyclic amines) is 1. The number of carbonyl (C=O) groups is 1. The smallest absolute Gasteiger partial charge is 0.321 e. The summed E-state index contributed by atoms with van der Waals surface area (Å²) in [7, 11) is 0. The van der Waals surface area contributed by atoms with E-state index in [4.69, 9.17) is 9.26 Å². The van der Waals surface area contributed by atoms with Gasteiger partial charge in [0.1, 0.15) is 11.9 Å². The van der Waals surface area contributed by atoms with E-state index in [-0.39, 0.29) is 12.1 Å². The Hall–Kier alpha value is -4.20. The molecular formula is C24H21N5O3. The van der Waals surface area contributed by atoms with Crippen molar-refractivity contribution in [1.82, 2.24) is 20.0 Å². The van der Waals surface area contributed by atoms with Crippen LogP contribution in [0, 0.1) is 0 Å². The minimum absolute atomic E-state index is 0.125. The maximum atomic E-state index is 12.6. The standard InChI is InChI=1S/C24H21N5O3/c30-24(26-18-6-2-1-3-7-18)29-15-12-19(16-29)31-21-9-5-4-8-20(21)23-27-22(28-32-23)17-10-13-25-14-11-17/h1-11,13-14,19H,12,15-16H2,(H,26,30). The van der Waals surface area contributed by atoms with Gasteiger partial charge in [-0.3, -0.25) is 4.98 Å². The summed E-state index contributed by atoms with van der Waals surface area (Å²) in [5.74, 6) is 1.51. The summed E-state index contributed by atoms with van der Waals surface area (Å²) >= 11 is 0. The molecule has 2 aromatic heterocycles. The van der Waals surface area contributed by atoms with Crippen LogP contribution in [0.25, 0.3) is 22.8 Å². The topological polar surface area (TPSA) is 93.4 Å². The average molecular weight is 427 g/mol. The lowest BCUT2D eigenvalue weighted by molar-refractivity contribution is 0.195. The van der Waals surface area contributed by atoms with Crippen molar-refractivity contribution in [1.29, 1.82) is 0 Å². The van der Waals surface area contributed by atoms with Gasteiger partial charge in [0.05, 0.1) is 12.1 Å². The first kappa shape index (κ1) is 19.7. The van der Waals surface area contributed by atoms with Gasteiger partial charge in [0, 0.05) is 36.6 Å². The highest BCUT2D eigenvalue weighted by atomic mass is 16.5. The Balaban J connectivity index is 1.27. The van der Waals surface area contributed by atoms with Gasteiger partial charge in [0.2, 0.25) is 5.82 Å². The Morgan fingerprint density at radius 2 is 1.81 bits per heavy atom. The molecule has 1 atom stereocenters. The first-order chi connectivity index (χ1) is 15.8. The Kier molecular flexibility index (Phi) is 5.48. The van der Waals surface area contributed by atoms with E-state index in [1.54, 1.807) is 17.3 Å². The minimum atomic E-state index is -0.130. The number of anilines is 1. The first-order valence-electron chi connectivity index (χ1n) is 10.4. The number of aromatic nitrogens is 3. The summed E-state index contributed by atoms with van der Waals surface area (Å²) in [6, 6.07) is 20.5. The van der Waals surface area contributed by atoms with Crippen LogP contribution in [0.2, 0.25) is 0 Å². The Labute approximate surface area is 184 Å². The molecule has 1 N–H and O–H groups in total. The highest BCUT2D eigenvalue weighted by molar-refractivity contribution is 5.89. The normalized spacial score (nSPS) is 15.5. The van der Waals surface area contributed by atoms with Crippen LogP contribution >= 0.6 is 0 Å². The molecule has 2 amide bonds. The van der Waals surface area contributed by atoms with E-state index in [1.165, 1.54) is 0 Å². The maximum absolute atomic E-state index is 12.6. The van der Waals surface area contributed by atoms with Crippen molar-refractivity contribution in [3.8, 4) is 28.6 Å². The zero-order chi connectivity index (χ0) is 21.8. The number of carbonyl (C=O) groups excluding carboxylic acids is 1. The molecule has 2 aromatic carbocycles. The van der Waals surface area contributed by atoms with E-state index < -0.39 is 0 Å². The van der Waals surface area contributed by atoms with Gasteiger partial charge < -0.3 is 19.5 Å². The van der Waals surface area contributed by atoms with E-state index in [1.807, 2.05) is 66.7 Å². The van der Waals surface area contributed by atoms with Gasteiger partial charge in [-0.15, -0.1) is 0 Å². The molecule has 32 heavy (non-hydrogen) atoms. The van der Waals surface area contributed by atoms with Crippen LogP contribution in [0.15, 0.2) is 83.6 Å². The molecule has 1 saturated heterocycles. The summed E-state index contributed by atoms with van der Waals surface area (Å²) in [5, 5.41) is 7.00. The predicted octanol–water partition coefficient (Wildman–Crippen LogP) is 4.48. The summed E-state index contributed by atoms with van der Waals surface area (Å²) < 4.78 is 11.7. The van der Waals surface area contributed by atoms with Crippen LogP contribution < -0.4 is 10.1 Å². The molecule has 8 heteroatoms. The minimum Gasteiger partial charge on any atom is -0.488 e. The number of urea groups is 1. The van der Waals surface area contributed by atoms with Crippen LogP contribution in [-0.2, 0) is 0 Å². The molecule has 3 heterocycles. The molecule has 0 spiro atoms. The number of nitrogens with zero attached hydrogens (tertiary/aromatic N) is 4. The van der Waals surface area contributed by atoms with E-state index in [0.29, 0.717) is 36.1 Å². The second kappa shape index (κ2) is 8.89. The van der Waals surface area contributed by atoms with E-state index in [2.05, 4.69) is 20.4 Å². The number of benzene rings is 2.